The molecule has 1 aliphatic rings. The Bertz CT molecular complexity index is 492. The van der Waals surface area contributed by atoms with Crippen LogP contribution < -0.4 is 0 Å². The molecule has 1 fully saturated rings. The lowest BCUT2D eigenvalue weighted by molar-refractivity contribution is -0.144. The van der Waals surface area contributed by atoms with Crippen LogP contribution in [0.4, 0.5) is 0 Å². The first-order chi connectivity index (χ1) is 8.40. The fourth-order valence-corrected chi connectivity index (χ4v) is 2.34. The number of amides is 1. The van der Waals surface area contributed by atoms with Crippen molar-refractivity contribution >= 4 is 23.5 Å². The zero-order valence-electron chi connectivity index (χ0n) is 10.3. The van der Waals surface area contributed by atoms with Crippen molar-refractivity contribution in [2.45, 2.75) is 6.92 Å². The third-order valence-corrected chi connectivity index (χ3v) is 3.69. The van der Waals surface area contributed by atoms with Crippen LogP contribution >= 0.6 is 11.6 Å². The topological polar surface area (TPSA) is 62.5 Å². The minimum atomic E-state index is -0.811. The van der Waals surface area contributed by atoms with E-state index in [0.29, 0.717) is 23.8 Å². The number of aryl methyl sites for hydroxylation is 1. The molecular weight excluding hydrogens is 256 g/mol. The predicted octanol–water partition coefficient (Wildman–Crippen LogP) is 1.47. The second-order valence-electron chi connectivity index (χ2n) is 4.75. The highest BCUT2D eigenvalue weighted by molar-refractivity contribution is 6.31. The zero-order valence-corrected chi connectivity index (χ0v) is 11.0. The number of aliphatic carboxylic acids is 1. The first kappa shape index (κ1) is 13.0. The number of carboxylic acids is 1. The average Bonchev–Trinajstić information content (AvgIpc) is 2.55. The summed E-state index contributed by atoms with van der Waals surface area (Å²) in [6.07, 6.45) is 1.67. The van der Waals surface area contributed by atoms with Crippen LogP contribution in [0.5, 0.6) is 0 Å². The first-order valence-corrected chi connectivity index (χ1v) is 6.12. The Hall–Kier alpha value is -1.49. The molecule has 0 aromatic carbocycles. The van der Waals surface area contributed by atoms with Crippen molar-refractivity contribution in [2.24, 2.45) is 18.9 Å². The van der Waals surface area contributed by atoms with Gasteiger partial charge in [0.1, 0.15) is 5.69 Å². The summed E-state index contributed by atoms with van der Waals surface area (Å²) in [5.41, 5.74) is 0.529. The van der Waals surface area contributed by atoms with E-state index in [1.165, 1.54) is 0 Å². The molecule has 1 aliphatic heterocycles. The van der Waals surface area contributed by atoms with Crippen molar-refractivity contribution in [1.82, 2.24) is 9.47 Å². The van der Waals surface area contributed by atoms with Crippen LogP contribution in [-0.2, 0) is 11.8 Å². The monoisotopic (exact) mass is 270 g/mol. The number of nitrogens with zero attached hydrogens (tertiary/aromatic N) is 2. The standard InChI is InChI=1S/C12H15ClN2O3/c1-7(12(17)18)8-4-15(5-8)11(16)10-3-9(13)6-14(10)2/h3,6-8H,4-5H2,1-2H3,(H,17,18). The summed E-state index contributed by atoms with van der Waals surface area (Å²) in [6, 6.07) is 1.62. The van der Waals surface area contributed by atoms with Crippen LogP contribution in [0.3, 0.4) is 0 Å². The third-order valence-electron chi connectivity index (χ3n) is 3.48. The highest BCUT2D eigenvalue weighted by atomic mass is 35.5. The second kappa shape index (κ2) is 4.65. The van der Waals surface area contributed by atoms with E-state index in [2.05, 4.69) is 0 Å². The van der Waals surface area contributed by atoms with E-state index >= 15 is 0 Å². The van der Waals surface area contributed by atoms with Gasteiger partial charge in [-0.1, -0.05) is 18.5 Å². The highest BCUT2D eigenvalue weighted by Crippen LogP contribution is 2.26. The number of carbonyl (C=O) groups is 2. The van der Waals surface area contributed by atoms with Crippen LogP contribution in [0.15, 0.2) is 12.3 Å². The molecule has 1 saturated heterocycles. The molecule has 2 heterocycles. The normalized spacial score (nSPS) is 17.4. The summed E-state index contributed by atoms with van der Waals surface area (Å²) in [4.78, 5) is 24.6. The largest absolute Gasteiger partial charge is 0.481 e. The van der Waals surface area contributed by atoms with Gasteiger partial charge in [0.15, 0.2) is 0 Å². The molecule has 0 saturated carbocycles. The van der Waals surface area contributed by atoms with Gasteiger partial charge in [0.25, 0.3) is 5.91 Å². The fraction of sp³-hybridized carbons (Fsp3) is 0.500. The Balaban J connectivity index is 1.98. The fourth-order valence-electron chi connectivity index (χ4n) is 2.10. The minimum absolute atomic E-state index is 0.0437. The Morgan fingerprint density at radius 3 is 2.56 bits per heavy atom. The molecule has 18 heavy (non-hydrogen) atoms. The van der Waals surface area contributed by atoms with Crippen molar-refractivity contribution in [2.75, 3.05) is 13.1 Å². The Morgan fingerprint density at radius 2 is 2.11 bits per heavy atom. The van der Waals surface area contributed by atoms with E-state index in [9.17, 15) is 9.59 Å². The molecule has 1 atom stereocenters. The molecule has 2 rings (SSSR count). The average molecular weight is 271 g/mol. The van der Waals surface area contributed by atoms with Gasteiger partial charge >= 0.3 is 5.97 Å². The molecule has 1 amide bonds. The van der Waals surface area contributed by atoms with Gasteiger partial charge < -0.3 is 14.6 Å². The number of hydrogen-bond acceptors (Lipinski definition) is 2. The number of aromatic nitrogens is 1. The zero-order chi connectivity index (χ0) is 13.4. The molecule has 1 aromatic rings. The summed E-state index contributed by atoms with van der Waals surface area (Å²) >= 11 is 5.83. The molecule has 0 radical (unpaired) electrons. The summed E-state index contributed by atoms with van der Waals surface area (Å²) < 4.78 is 1.68. The number of hydrogen-bond donors (Lipinski definition) is 1. The van der Waals surface area contributed by atoms with Crippen LogP contribution in [-0.4, -0.2) is 39.5 Å². The first-order valence-electron chi connectivity index (χ1n) is 5.74. The number of likely N-dealkylation sites (tertiary alicyclic amines) is 1. The van der Waals surface area contributed by atoms with E-state index in [4.69, 9.17) is 16.7 Å². The van der Waals surface area contributed by atoms with Crippen molar-refractivity contribution in [3.05, 3.63) is 23.0 Å². The second-order valence-corrected chi connectivity index (χ2v) is 5.19. The smallest absolute Gasteiger partial charge is 0.306 e. The van der Waals surface area contributed by atoms with Crippen LogP contribution in [0.2, 0.25) is 5.02 Å². The lowest BCUT2D eigenvalue weighted by Crippen LogP contribution is -2.53. The summed E-state index contributed by atoms with van der Waals surface area (Å²) in [7, 11) is 1.76. The number of carbonyl (C=O) groups excluding carboxylic acids is 1. The molecule has 1 unspecified atom stereocenters. The van der Waals surface area contributed by atoms with Gasteiger partial charge in [0.2, 0.25) is 0 Å². The third kappa shape index (κ3) is 2.22. The summed E-state index contributed by atoms with van der Waals surface area (Å²) in [6.45, 7) is 2.67. The van der Waals surface area contributed by atoms with E-state index in [1.54, 1.807) is 35.7 Å². The maximum Gasteiger partial charge on any atom is 0.306 e. The van der Waals surface area contributed by atoms with Gasteiger partial charge in [-0.15, -0.1) is 0 Å². The summed E-state index contributed by atoms with van der Waals surface area (Å²) in [5, 5.41) is 9.41. The molecule has 1 aromatic heterocycles. The van der Waals surface area contributed by atoms with Crippen LogP contribution in [0.1, 0.15) is 17.4 Å². The number of carboxylic acid groups (broad SMARTS) is 1. The van der Waals surface area contributed by atoms with Crippen molar-refractivity contribution < 1.29 is 14.7 Å². The van der Waals surface area contributed by atoms with E-state index < -0.39 is 11.9 Å². The van der Waals surface area contributed by atoms with Crippen LogP contribution in [0.25, 0.3) is 0 Å². The maximum absolute atomic E-state index is 12.1. The Labute approximate surface area is 110 Å². The van der Waals surface area contributed by atoms with Crippen LogP contribution in [0, 0.1) is 11.8 Å². The molecule has 6 heteroatoms. The van der Waals surface area contributed by atoms with Gasteiger partial charge in [-0.3, -0.25) is 9.59 Å². The number of halogens is 1. The predicted molar refractivity (Wildman–Crippen MR) is 66.6 cm³/mol. The molecule has 0 spiro atoms. The minimum Gasteiger partial charge on any atom is -0.481 e. The Morgan fingerprint density at radius 1 is 1.50 bits per heavy atom. The van der Waals surface area contributed by atoms with Gasteiger partial charge in [-0.05, 0) is 6.07 Å². The molecule has 0 aliphatic carbocycles. The van der Waals surface area contributed by atoms with Crippen molar-refractivity contribution in [1.29, 1.82) is 0 Å². The van der Waals surface area contributed by atoms with Crippen molar-refractivity contribution in [3.8, 4) is 0 Å². The highest BCUT2D eigenvalue weighted by Gasteiger charge is 2.38. The van der Waals surface area contributed by atoms with E-state index in [0.717, 1.165) is 0 Å². The molecule has 98 valence electrons. The van der Waals surface area contributed by atoms with Crippen molar-refractivity contribution in [3.63, 3.8) is 0 Å². The van der Waals surface area contributed by atoms with Gasteiger partial charge in [-0.2, -0.15) is 0 Å². The Kier molecular flexibility index (Phi) is 3.34. The van der Waals surface area contributed by atoms with E-state index in [1.807, 2.05) is 0 Å². The number of rotatable bonds is 3. The van der Waals surface area contributed by atoms with Gasteiger partial charge in [-0.25, -0.2) is 0 Å². The molecule has 0 bridgehead atoms. The maximum atomic E-state index is 12.1. The summed E-state index contributed by atoms with van der Waals surface area (Å²) in [5.74, 6) is -1.28. The lowest BCUT2D eigenvalue weighted by Gasteiger charge is -2.41. The molecule has 1 N–H and O–H groups in total. The molecular formula is C12H15ClN2O3. The van der Waals surface area contributed by atoms with E-state index in [-0.39, 0.29) is 11.8 Å². The van der Waals surface area contributed by atoms with Gasteiger partial charge in [0, 0.05) is 32.3 Å². The SMILES string of the molecule is CC(C(=O)O)C1CN(C(=O)c2cc(Cl)cn2C)C1. The quantitative estimate of drug-likeness (QED) is 0.905. The molecule has 5 nitrogen and oxygen atoms in total. The lowest BCUT2D eigenvalue weighted by atomic mass is 9.87. The van der Waals surface area contributed by atoms with Gasteiger partial charge in [0.05, 0.1) is 10.9 Å².